The van der Waals surface area contributed by atoms with E-state index in [1.165, 1.54) is 0 Å². The maximum Gasteiger partial charge on any atom is 0.227 e. The lowest BCUT2D eigenvalue weighted by atomic mass is 9.81. The summed E-state index contributed by atoms with van der Waals surface area (Å²) in [6.45, 7) is 7.14. The van der Waals surface area contributed by atoms with Crippen LogP contribution in [0.3, 0.4) is 0 Å². The smallest absolute Gasteiger partial charge is 0.227 e. The summed E-state index contributed by atoms with van der Waals surface area (Å²) < 4.78 is 6.19. The van der Waals surface area contributed by atoms with Crippen molar-refractivity contribution >= 4 is 11.7 Å². The van der Waals surface area contributed by atoms with Gasteiger partial charge < -0.3 is 9.64 Å². The van der Waals surface area contributed by atoms with Gasteiger partial charge in [0.25, 0.3) is 0 Å². The summed E-state index contributed by atoms with van der Waals surface area (Å²) in [5, 5.41) is 0. The average Bonchev–Trinajstić information content (AvgIpc) is 2.46. The van der Waals surface area contributed by atoms with Crippen molar-refractivity contribution in [1.82, 2.24) is 4.90 Å². The first-order chi connectivity index (χ1) is 10.3. The number of carbonyl (C=O) groups is 2. The van der Waals surface area contributed by atoms with Crippen LogP contribution in [0.1, 0.15) is 50.4 Å². The lowest BCUT2D eigenvalue weighted by Gasteiger charge is -2.45. The molecule has 0 aliphatic carbocycles. The second-order valence-electron chi connectivity index (χ2n) is 7.42. The monoisotopic (exact) mass is 301 g/mol. The Morgan fingerprint density at radius 2 is 1.82 bits per heavy atom. The Hall–Kier alpha value is -1.84. The third-order valence-electron chi connectivity index (χ3n) is 4.60. The Morgan fingerprint density at radius 3 is 2.45 bits per heavy atom. The lowest BCUT2D eigenvalue weighted by Crippen LogP contribution is -2.53. The van der Waals surface area contributed by atoms with Gasteiger partial charge in [0.1, 0.15) is 11.4 Å². The van der Waals surface area contributed by atoms with Gasteiger partial charge in [0, 0.05) is 31.3 Å². The Kier molecular flexibility index (Phi) is 3.50. The highest BCUT2D eigenvalue weighted by atomic mass is 16.5. The van der Waals surface area contributed by atoms with Gasteiger partial charge in [-0.25, -0.2) is 0 Å². The van der Waals surface area contributed by atoms with Crippen LogP contribution in [0.5, 0.6) is 5.75 Å². The van der Waals surface area contributed by atoms with Crippen molar-refractivity contribution in [1.29, 1.82) is 0 Å². The minimum atomic E-state index is -0.430. The number of Topliss-reactive ketones (excluding diaryl/α,β-unsaturated/α-hetero) is 1. The summed E-state index contributed by atoms with van der Waals surface area (Å²) >= 11 is 0. The molecule has 0 aromatic heterocycles. The average molecular weight is 301 g/mol. The minimum absolute atomic E-state index is 0.150. The first-order valence-corrected chi connectivity index (χ1v) is 7.91. The molecule has 0 atom stereocenters. The number of nitrogens with zero attached hydrogens (tertiary/aromatic N) is 1. The van der Waals surface area contributed by atoms with Gasteiger partial charge >= 0.3 is 0 Å². The predicted octanol–water partition coefficient (Wildman–Crippen LogP) is 3.06. The molecule has 1 amide bonds. The molecule has 1 aromatic rings. The standard InChI is InChI=1S/C18H23NO3/c1-17(2,3)16(21)19-10-8-18(9-11-19)12-14(20)13-6-4-5-7-15(13)22-18/h4-7H,8-12H2,1-3H3. The molecule has 0 bridgehead atoms. The van der Waals surface area contributed by atoms with E-state index < -0.39 is 5.60 Å². The number of hydrogen-bond donors (Lipinski definition) is 0. The highest BCUT2D eigenvalue weighted by molar-refractivity contribution is 6.00. The Labute approximate surface area is 131 Å². The van der Waals surface area contributed by atoms with Crippen molar-refractivity contribution in [3.05, 3.63) is 29.8 Å². The maximum atomic E-state index is 12.4. The number of fused-ring (bicyclic) bond motifs is 1. The minimum Gasteiger partial charge on any atom is -0.486 e. The molecule has 3 rings (SSSR count). The SMILES string of the molecule is CC(C)(C)C(=O)N1CCC2(CC1)CC(=O)c1ccccc1O2. The van der Waals surface area contributed by atoms with Gasteiger partial charge in [0.2, 0.25) is 5.91 Å². The number of ketones is 1. The van der Waals surface area contributed by atoms with Gasteiger partial charge in [0.05, 0.1) is 12.0 Å². The number of benzene rings is 1. The molecule has 4 heteroatoms. The second kappa shape index (κ2) is 5.11. The molecular weight excluding hydrogens is 278 g/mol. The number of carbonyl (C=O) groups excluding carboxylic acids is 2. The van der Waals surface area contributed by atoms with Crippen LogP contribution in [0.2, 0.25) is 0 Å². The molecule has 22 heavy (non-hydrogen) atoms. The van der Waals surface area contributed by atoms with E-state index in [-0.39, 0.29) is 17.1 Å². The van der Waals surface area contributed by atoms with Gasteiger partial charge in [-0.3, -0.25) is 9.59 Å². The normalized spacial score (nSPS) is 20.5. The van der Waals surface area contributed by atoms with E-state index in [9.17, 15) is 9.59 Å². The molecule has 0 saturated carbocycles. The molecule has 1 aromatic carbocycles. The summed E-state index contributed by atoms with van der Waals surface area (Å²) in [7, 11) is 0. The van der Waals surface area contributed by atoms with Crippen LogP contribution in [-0.2, 0) is 4.79 Å². The van der Waals surface area contributed by atoms with Crippen molar-refractivity contribution in [3.63, 3.8) is 0 Å². The van der Waals surface area contributed by atoms with E-state index in [1.807, 2.05) is 49.9 Å². The highest BCUT2D eigenvalue weighted by Gasteiger charge is 2.44. The molecule has 0 N–H and O–H groups in total. The third kappa shape index (κ3) is 2.62. The zero-order valence-corrected chi connectivity index (χ0v) is 13.5. The summed E-state index contributed by atoms with van der Waals surface area (Å²) in [5.41, 5.74) is -0.109. The number of rotatable bonds is 0. The van der Waals surface area contributed by atoms with Gasteiger partial charge in [-0.2, -0.15) is 0 Å². The Morgan fingerprint density at radius 1 is 1.18 bits per heavy atom. The first kappa shape index (κ1) is 15.1. The fraction of sp³-hybridized carbons (Fsp3) is 0.556. The molecule has 2 aliphatic rings. The number of amides is 1. The van der Waals surface area contributed by atoms with E-state index in [1.54, 1.807) is 0 Å². The molecule has 1 fully saturated rings. The predicted molar refractivity (Wildman–Crippen MR) is 84.0 cm³/mol. The van der Waals surface area contributed by atoms with E-state index in [0.717, 1.165) is 12.8 Å². The summed E-state index contributed by atoms with van der Waals surface area (Å²) in [5.74, 6) is 1.01. The molecule has 118 valence electrons. The molecule has 4 nitrogen and oxygen atoms in total. The van der Waals surface area contributed by atoms with Crippen LogP contribution in [-0.4, -0.2) is 35.3 Å². The van der Waals surface area contributed by atoms with Crippen LogP contribution >= 0.6 is 0 Å². The van der Waals surface area contributed by atoms with Crippen molar-refractivity contribution in [2.45, 2.75) is 45.6 Å². The number of ether oxygens (including phenoxy) is 1. The maximum absolute atomic E-state index is 12.4. The van der Waals surface area contributed by atoms with E-state index in [4.69, 9.17) is 4.74 Å². The fourth-order valence-corrected chi connectivity index (χ4v) is 3.31. The summed E-state index contributed by atoms with van der Waals surface area (Å²) in [6.07, 6.45) is 1.85. The molecule has 2 aliphatic heterocycles. The van der Waals surface area contributed by atoms with Crippen LogP contribution < -0.4 is 4.74 Å². The van der Waals surface area contributed by atoms with Crippen molar-refractivity contribution in [3.8, 4) is 5.75 Å². The van der Waals surface area contributed by atoms with Crippen LogP contribution in [0.15, 0.2) is 24.3 Å². The van der Waals surface area contributed by atoms with E-state index in [2.05, 4.69) is 0 Å². The van der Waals surface area contributed by atoms with Gasteiger partial charge in [-0.15, -0.1) is 0 Å². The number of hydrogen-bond acceptors (Lipinski definition) is 3. The molecule has 0 unspecified atom stereocenters. The Bertz CT molecular complexity index is 607. The summed E-state index contributed by atoms with van der Waals surface area (Å²) in [6, 6.07) is 7.44. The second-order valence-corrected chi connectivity index (χ2v) is 7.42. The van der Waals surface area contributed by atoms with Gasteiger partial charge in [-0.1, -0.05) is 32.9 Å². The highest BCUT2D eigenvalue weighted by Crippen LogP contribution is 2.39. The first-order valence-electron chi connectivity index (χ1n) is 7.91. The van der Waals surface area contributed by atoms with E-state index >= 15 is 0 Å². The van der Waals surface area contributed by atoms with Crippen molar-refractivity contribution in [2.24, 2.45) is 5.41 Å². The largest absolute Gasteiger partial charge is 0.486 e. The number of likely N-dealkylation sites (tertiary alicyclic amines) is 1. The molecule has 0 radical (unpaired) electrons. The Balaban J connectivity index is 1.74. The lowest BCUT2D eigenvalue weighted by molar-refractivity contribution is -0.143. The zero-order valence-electron chi connectivity index (χ0n) is 13.5. The van der Waals surface area contributed by atoms with Gasteiger partial charge in [-0.05, 0) is 12.1 Å². The van der Waals surface area contributed by atoms with Crippen LogP contribution in [0, 0.1) is 5.41 Å². The molecule has 2 heterocycles. The van der Waals surface area contributed by atoms with Crippen molar-refractivity contribution < 1.29 is 14.3 Å². The van der Waals surface area contributed by atoms with Crippen molar-refractivity contribution in [2.75, 3.05) is 13.1 Å². The molecule has 1 spiro atoms. The van der Waals surface area contributed by atoms with E-state index in [0.29, 0.717) is 30.8 Å². The van der Waals surface area contributed by atoms with Crippen LogP contribution in [0.4, 0.5) is 0 Å². The molecule has 1 saturated heterocycles. The fourth-order valence-electron chi connectivity index (χ4n) is 3.31. The third-order valence-corrected chi connectivity index (χ3v) is 4.60. The molecular formula is C18H23NO3. The number of piperidine rings is 1. The topological polar surface area (TPSA) is 46.6 Å². The summed E-state index contributed by atoms with van der Waals surface area (Å²) in [4.78, 5) is 26.6. The zero-order chi connectivity index (χ0) is 16.0. The van der Waals surface area contributed by atoms with Crippen LogP contribution in [0.25, 0.3) is 0 Å². The number of para-hydroxylation sites is 1. The van der Waals surface area contributed by atoms with Gasteiger partial charge in [0.15, 0.2) is 5.78 Å². The quantitative estimate of drug-likeness (QED) is 0.740.